The van der Waals surface area contributed by atoms with Crippen LogP contribution in [0, 0.1) is 13.8 Å². The molecule has 17 heavy (non-hydrogen) atoms. The number of hydrogen-bond donors (Lipinski definition) is 2. The van der Waals surface area contributed by atoms with Crippen molar-refractivity contribution in [2.24, 2.45) is 5.84 Å². The van der Waals surface area contributed by atoms with Gasteiger partial charge in [0.15, 0.2) is 0 Å². The summed E-state index contributed by atoms with van der Waals surface area (Å²) in [6.07, 6.45) is -4.47. The minimum absolute atomic E-state index is 0.00870. The van der Waals surface area contributed by atoms with Gasteiger partial charge in [-0.15, -0.1) is 0 Å². The van der Waals surface area contributed by atoms with Gasteiger partial charge in [0, 0.05) is 5.56 Å². The molecule has 1 unspecified atom stereocenters. The molecule has 0 heterocycles. The first-order valence-electron chi connectivity index (χ1n) is 4.99. The Morgan fingerprint density at radius 2 is 1.88 bits per heavy atom. The number of hydrazine groups is 1. The molecular weight excluding hydrogens is 233 g/mol. The Bertz CT molecular complexity index is 404. The number of halogens is 3. The van der Waals surface area contributed by atoms with E-state index in [4.69, 9.17) is 10.6 Å². The van der Waals surface area contributed by atoms with Crippen molar-refractivity contribution in [3.05, 3.63) is 28.8 Å². The predicted octanol–water partition coefficient (Wildman–Crippen LogP) is 2.38. The van der Waals surface area contributed by atoms with Gasteiger partial charge in [-0.3, -0.25) is 5.84 Å². The van der Waals surface area contributed by atoms with E-state index in [1.165, 1.54) is 13.2 Å². The molecule has 0 amide bonds. The summed E-state index contributed by atoms with van der Waals surface area (Å²) in [7, 11) is 1.34. The summed E-state index contributed by atoms with van der Waals surface area (Å²) in [5.41, 5.74) is 3.31. The quantitative estimate of drug-likeness (QED) is 0.637. The number of ether oxygens (including phenoxy) is 1. The summed E-state index contributed by atoms with van der Waals surface area (Å²) in [6.45, 7) is 3.52. The molecule has 0 radical (unpaired) electrons. The van der Waals surface area contributed by atoms with E-state index in [0.29, 0.717) is 5.56 Å². The van der Waals surface area contributed by atoms with Gasteiger partial charge in [0.1, 0.15) is 11.8 Å². The van der Waals surface area contributed by atoms with Crippen molar-refractivity contribution in [2.75, 3.05) is 7.11 Å². The van der Waals surface area contributed by atoms with Crippen molar-refractivity contribution in [1.82, 2.24) is 5.43 Å². The van der Waals surface area contributed by atoms with Crippen LogP contribution in [-0.4, -0.2) is 13.3 Å². The van der Waals surface area contributed by atoms with Crippen LogP contribution in [0.1, 0.15) is 22.7 Å². The average molecular weight is 248 g/mol. The molecule has 1 aromatic carbocycles. The third-order valence-corrected chi connectivity index (χ3v) is 2.72. The van der Waals surface area contributed by atoms with E-state index in [2.05, 4.69) is 0 Å². The lowest BCUT2D eigenvalue weighted by atomic mass is 9.99. The van der Waals surface area contributed by atoms with Crippen molar-refractivity contribution < 1.29 is 17.9 Å². The Kier molecular flexibility index (Phi) is 4.00. The Morgan fingerprint density at radius 1 is 1.29 bits per heavy atom. The Balaban J connectivity index is 3.35. The number of methoxy groups -OCH3 is 1. The van der Waals surface area contributed by atoms with Crippen LogP contribution < -0.4 is 16.0 Å². The Labute approximate surface area is 97.7 Å². The standard InChI is InChI=1S/C11H15F3N2O/c1-6-4-5-8(9(17-3)7(6)2)10(16-15)11(12,13)14/h4-5,10,16H,15H2,1-3H3. The van der Waals surface area contributed by atoms with Gasteiger partial charge in [0.2, 0.25) is 0 Å². The van der Waals surface area contributed by atoms with Crippen molar-refractivity contribution in [3.8, 4) is 5.75 Å². The first kappa shape index (κ1) is 13.8. The summed E-state index contributed by atoms with van der Waals surface area (Å²) in [5, 5.41) is 0. The number of hydrogen-bond acceptors (Lipinski definition) is 3. The Morgan fingerprint density at radius 3 is 2.29 bits per heavy atom. The number of nitrogens with one attached hydrogen (secondary N) is 1. The highest BCUT2D eigenvalue weighted by Crippen LogP contribution is 2.38. The zero-order valence-corrected chi connectivity index (χ0v) is 9.85. The number of aryl methyl sites for hydroxylation is 1. The summed E-state index contributed by atoms with van der Waals surface area (Å²) in [6, 6.07) is 1.05. The van der Waals surface area contributed by atoms with E-state index >= 15 is 0 Å². The lowest BCUT2D eigenvalue weighted by molar-refractivity contribution is -0.158. The molecule has 0 saturated carbocycles. The zero-order chi connectivity index (χ0) is 13.2. The lowest BCUT2D eigenvalue weighted by Crippen LogP contribution is -2.38. The molecule has 0 bridgehead atoms. The highest BCUT2D eigenvalue weighted by molar-refractivity contribution is 5.47. The minimum Gasteiger partial charge on any atom is -0.496 e. The van der Waals surface area contributed by atoms with E-state index in [1.54, 1.807) is 25.3 Å². The van der Waals surface area contributed by atoms with Gasteiger partial charge in [0.25, 0.3) is 0 Å². The maximum atomic E-state index is 12.8. The van der Waals surface area contributed by atoms with Crippen LogP contribution >= 0.6 is 0 Å². The molecule has 1 rings (SSSR count). The molecule has 0 saturated heterocycles. The molecule has 0 aromatic heterocycles. The van der Waals surface area contributed by atoms with Crippen LogP contribution in [0.15, 0.2) is 12.1 Å². The van der Waals surface area contributed by atoms with E-state index in [9.17, 15) is 13.2 Å². The van der Waals surface area contributed by atoms with Crippen LogP contribution in [0.25, 0.3) is 0 Å². The van der Waals surface area contributed by atoms with Gasteiger partial charge in [-0.05, 0) is 25.0 Å². The fourth-order valence-corrected chi connectivity index (χ4v) is 1.67. The third-order valence-electron chi connectivity index (χ3n) is 2.72. The van der Waals surface area contributed by atoms with Crippen molar-refractivity contribution in [3.63, 3.8) is 0 Å². The van der Waals surface area contributed by atoms with Crippen molar-refractivity contribution in [1.29, 1.82) is 0 Å². The van der Waals surface area contributed by atoms with Gasteiger partial charge < -0.3 is 4.74 Å². The van der Waals surface area contributed by atoms with E-state index in [0.717, 1.165) is 5.56 Å². The van der Waals surface area contributed by atoms with Crippen molar-refractivity contribution >= 4 is 0 Å². The molecule has 3 N–H and O–H groups in total. The highest BCUT2D eigenvalue weighted by Gasteiger charge is 2.41. The van der Waals surface area contributed by atoms with Gasteiger partial charge in [-0.2, -0.15) is 13.2 Å². The second-order valence-electron chi connectivity index (χ2n) is 3.77. The van der Waals surface area contributed by atoms with E-state index in [-0.39, 0.29) is 11.3 Å². The molecule has 1 aromatic rings. The molecule has 0 fully saturated rings. The van der Waals surface area contributed by atoms with Gasteiger partial charge in [-0.1, -0.05) is 12.1 Å². The Hall–Kier alpha value is -1.27. The van der Waals surface area contributed by atoms with Crippen LogP contribution in [0.2, 0.25) is 0 Å². The molecule has 1 atom stereocenters. The zero-order valence-electron chi connectivity index (χ0n) is 9.85. The van der Waals surface area contributed by atoms with Crippen LogP contribution in [0.4, 0.5) is 13.2 Å². The maximum Gasteiger partial charge on any atom is 0.409 e. The van der Waals surface area contributed by atoms with E-state index in [1.807, 2.05) is 0 Å². The average Bonchev–Trinajstić information content (AvgIpc) is 2.22. The highest BCUT2D eigenvalue weighted by atomic mass is 19.4. The molecule has 0 aliphatic heterocycles. The minimum atomic E-state index is -4.47. The molecule has 0 aliphatic carbocycles. The van der Waals surface area contributed by atoms with Crippen molar-refractivity contribution in [2.45, 2.75) is 26.1 Å². The number of alkyl halides is 3. The fourth-order valence-electron chi connectivity index (χ4n) is 1.67. The smallest absolute Gasteiger partial charge is 0.409 e. The molecule has 6 heteroatoms. The molecule has 0 spiro atoms. The van der Waals surface area contributed by atoms with Gasteiger partial charge in [-0.25, -0.2) is 5.43 Å². The fraction of sp³-hybridized carbons (Fsp3) is 0.455. The second-order valence-corrected chi connectivity index (χ2v) is 3.77. The normalized spacial score (nSPS) is 13.6. The van der Waals surface area contributed by atoms with Crippen LogP contribution in [0.3, 0.4) is 0 Å². The first-order chi connectivity index (χ1) is 7.82. The predicted molar refractivity (Wildman–Crippen MR) is 58.6 cm³/mol. The van der Waals surface area contributed by atoms with E-state index < -0.39 is 12.2 Å². The largest absolute Gasteiger partial charge is 0.496 e. The SMILES string of the molecule is COc1c(C(NN)C(F)(F)F)ccc(C)c1C. The number of rotatable bonds is 3. The van der Waals surface area contributed by atoms with Gasteiger partial charge >= 0.3 is 6.18 Å². The van der Waals surface area contributed by atoms with Crippen LogP contribution in [-0.2, 0) is 0 Å². The van der Waals surface area contributed by atoms with Crippen LogP contribution in [0.5, 0.6) is 5.75 Å². The number of benzene rings is 1. The summed E-state index contributed by atoms with van der Waals surface area (Å²) >= 11 is 0. The monoisotopic (exact) mass is 248 g/mol. The summed E-state index contributed by atoms with van der Waals surface area (Å²) < 4.78 is 43.3. The topological polar surface area (TPSA) is 47.3 Å². The molecule has 0 aliphatic rings. The second kappa shape index (κ2) is 4.93. The molecule has 96 valence electrons. The first-order valence-corrected chi connectivity index (χ1v) is 4.99. The third kappa shape index (κ3) is 2.70. The lowest BCUT2D eigenvalue weighted by Gasteiger charge is -2.23. The summed E-state index contributed by atoms with van der Waals surface area (Å²) in [4.78, 5) is 0. The molecular formula is C11H15F3N2O. The van der Waals surface area contributed by atoms with Gasteiger partial charge in [0.05, 0.1) is 7.11 Å². The maximum absolute atomic E-state index is 12.8. The number of nitrogens with two attached hydrogens (primary N) is 1. The molecule has 3 nitrogen and oxygen atoms in total. The summed E-state index contributed by atoms with van der Waals surface area (Å²) in [5.74, 6) is 5.19.